The van der Waals surface area contributed by atoms with E-state index in [1.54, 1.807) is 0 Å². The lowest BCUT2D eigenvalue weighted by atomic mass is 10.0. The number of anilines is 1. The first-order valence-corrected chi connectivity index (χ1v) is 5.94. The molecule has 1 unspecified atom stereocenters. The highest BCUT2D eigenvalue weighted by Crippen LogP contribution is 2.33. The number of rotatable bonds is 3. The molecule has 3 rings (SSSR count). The maximum atomic E-state index is 5.66. The van der Waals surface area contributed by atoms with Crippen molar-refractivity contribution in [3.63, 3.8) is 0 Å². The van der Waals surface area contributed by atoms with Crippen LogP contribution in [0.1, 0.15) is 11.5 Å². The summed E-state index contributed by atoms with van der Waals surface area (Å²) in [4.78, 5) is 0. The van der Waals surface area contributed by atoms with E-state index in [1.807, 2.05) is 30.3 Å². The van der Waals surface area contributed by atoms with Crippen molar-refractivity contribution in [2.75, 3.05) is 18.5 Å². The third-order valence-corrected chi connectivity index (χ3v) is 3.13. The Morgan fingerprint density at radius 2 is 1.76 bits per heavy atom. The molecule has 2 nitrogen and oxygen atoms in total. The second-order valence-corrected chi connectivity index (χ2v) is 4.29. The topological polar surface area (TPSA) is 21.3 Å². The zero-order valence-electron chi connectivity index (χ0n) is 9.60. The van der Waals surface area contributed by atoms with Crippen LogP contribution in [0.25, 0.3) is 0 Å². The van der Waals surface area contributed by atoms with E-state index in [-0.39, 0.29) is 0 Å². The van der Waals surface area contributed by atoms with Gasteiger partial charge in [0.2, 0.25) is 0 Å². The zero-order chi connectivity index (χ0) is 11.5. The lowest BCUT2D eigenvalue weighted by Gasteiger charge is -2.11. The van der Waals surface area contributed by atoms with Gasteiger partial charge in [-0.25, -0.2) is 0 Å². The smallest absolute Gasteiger partial charge is 0.122 e. The van der Waals surface area contributed by atoms with Gasteiger partial charge in [0.15, 0.2) is 0 Å². The fourth-order valence-corrected chi connectivity index (χ4v) is 2.20. The SMILES string of the molecule is c1ccc(NCC2COc3ccccc32)cc1. The maximum Gasteiger partial charge on any atom is 0.122 e. The standard InChI is InChI=1S/C15H15NO/c1-2-6-13(7-3-1)16-10-12-11-17-15-9-5-4-8-14(12)15/h1-9,12,16H,10-11H2. The molecule has 1 aliphatic heterocycles. The summed E-state index contributed by atoms with van der Waals surface area (Å²) >= 11 is 0. The molecule has 17 heavy (non-hydrogen) atoms. The molecular weight excluding hydrogens is 210 g/mol. The second-order valence-electron chi connectivity index (χ2n) is 4.29. The van der Waals surface area contributed by atoms with Crippen LogP contribution in [0.3, 0.4) is 0 Å². The summed E-state index contributed by atoms with van der Waals surface area (Å²) in [6, 6.07) is 18.6. The number of nitrogens with one attached hydrogen (secondary N) is 1. The van der Waals surface area contributed by atoms with E-state index in [4.69, 9.17) is 4.74 Å². The fraction of sp³-hybridized carbons (Fsp3) is 0.200. The van der Waals surface area contributed by atoms with Gasteiger partial charge in [-0.15, -0.1) is 0 Å². The van der Waals surface area contributed by atoms with Crippen molar-refractivity contribution in [2.24, 2.45) is 0 Å². The molecule has 2 aromatic carbocycles. The van der Waals surface area contributed by atoms with Crippen LogP contribution in [-0.2, 0) is 0 Å². The minimum Gasteiger partial charge on any atom is -0.493 e. The summed E-state index contributed by atoms with van der Waals surface area (Å²) in [6.07, 6.45) is 0. The van der Waals surface area contributed by atoms with Crippen LogP contribution in [0, 0.1) is 0 Å². The largest absolute Gasteiger partial charge is 0.493 e. The van der Waals surface area contributed by atoms with Crippen molar-refractivity contribution < 1.29 is 4.74 Å². The Bertz CT molecular complexity index is 495. The van der Waals surface area contributed by atoms with Crippen LogP contribution in [0.15, 0.2) is 54.6 Å². The van der Waals surface area contributed by atoms with Crippen molar-refractivity contribution in [3.8, 4) is 5.75 Å². The number of benzene rings is 2. The molecule has 0 aliphatic carbocycles. The summed E-state index contributed by atoms with van der Waals surface area (Å²) in [6.45, 7) is 1.69. The Labute approximate surface area is 101 Å². The van der Waals surface area contributed by atoms with Gasteiger partial charge in [0.05, 0.1) is 6.61 Å². The van der Waals surface area contributed by atoms with Crippen molar-refractivity contribution in [3.05, 3.63) is 60.2 Å². The van der Waals surface area contributed by atoms with E-state index in [1.165, 1.54) is 5.56 Å². The van der Waals surface area contributed by atoms with Crippen molar-refractivity contribution >= 4 is 5.69 Å². The van der Waals surface area contributed by atoms with Gasteiger partial charge in [0.25, 0.3) is 0 Å². The molecule has 1 heterocycles. The molecule has 0 radical (unpaired) electrons. The van der Waals surface area contributed by atoms with Crippen LogP contribution in [0.5, 0.6) is 5.75 Å². The highest BCUT2D eigenvalue weighted by atomic mass is 16.5. The molecule has 1 atom stereocenters. The molecule has 0 aromatic heterocycles. The molecule has 0 saturated heterocycles. The molecule has 1 aliphatic rings. The number of ether oxygens (including phenoxy) is 1. The summed E-state index contributed by atoms with van der Waals surface area (Å²) in [5.74, 6) is 1.48. The second kappa shape index (κ2) is 4.50. The Kier molecular flexibility index (Phi) is 2.70. The normalized spacial score (nSPS) is 17.3. The van der Waals surface area contributed by atoms with Crippen molar-refractivity contribution in [2.45, 2.75) is 5.92 Å². The van der Waals surface area contributed by atoms with E-state index in [0.717, 1.165) is 24.6 Å². The molecule has 86 valence electrons. The predicted octanol–water partition coefficient (Wildman–Crippen LogP) is 3.27. The van der Waals surface area contributed by atoms with Gasteiger partial charge in [-0.1, -0.05) is 36.4 Å². The number of para-hydroxylation sites is 2. The first-order valence-electron chi connectivity index (χ1n) is 5.94. The molecule has 0 spiro atoms. The van der Waals surface area contributed by atoms with Crippen molar-refractivity contribution in [1.82, 2.24) is 0 Å². The quantitative estimate of drug-likeness (QED) is 0.865. The Balaban J connectivity index is 1.68. The summed E-state index contributed by atoms with van der Waals surface area (Å²) in [5.41, 5.74) is 2.48. The minimum atomic E-state index is 0.450. The monoisotopic (exact) mass is 225 g/mol. The highest BCUT2D eigenvalue weighted by Gasteiger charge is 2.22. The number of hydrogen-bond donors (Lipinski definition) is 1. The molecule has 2 aromatic rings. The van der Waals surface area contributed by atoms with E-state index < -0.39 is 0 Å². The van der Waals surface area contributed by atoms with Gasteiger partial charge in [-0.05, 0) is 18.2 Å². The van der Waals surface area contributed by atoms with Crippen LogP contribution in [-0.4, -0.2) is 13.2 Å². The van der Waals surface area contributed by atoms with Crippen LogP contribution < -0.4 is 10.1 Å². The van der Waals surface area contributed by atoms with E-state index in [0.29, 0.717) is 5.92 Å². The molecule has 1 N–H and O–H groups in total. The zero-order valence-corrected chi connectivity index (χ0v) is 9.60. The van der Waals surface area contributed by atoms with Gasteiger partial charge in [-0.2, -0.15) is 0 Å². The molecule has 0 bridgehead atoms. The van der Waals surface area contributed by atoms with Gasteiger partial charge < -0.3 is 10.1 Å². The fourth-order valence-electron chi connectivity index (χ4n) is 2.20. The highest BCUT2D eigenvalue weighted by molar-refractivity contribution is 5.45. The van der Waals surface area contributed by atoms with Crippen LogP contribution in [0.2, 0.25) is 0 Å². The minimum absolute atomic E-state index is 0.450. The van der Waals surface area contributed by atoms with Crippen LogP contribution >= 0.6 is 0 Å². The van der Waals surface area contributed by atoms with Gasteiger partial charge in [0.1, 0.15) is 5.75 Å². The first-order chi connectivity index (χ1) is 8.43. The van der Waals surface area contributed by atoms with Gasteiger partial charge >= 0.3 is 0 Å². The summed E-state index contributed by atoms with van der Waals surface area (Å²) in [5, 5.41) is 3.45. The van der Waals surface area contributed by atoms with E-state index in [9.17, 15) is 0 Å². The van der Waals surface area contributed by atoms with Gasteiger partial charge in [-0.3, -0.25) is 0 Å². The third-order valence-electron chi connectivity index (χ3n) is 3.13. The molecule has 0 fully saturated rings. The molecular formula is C15H15NO. The van der Waals surface area contributed by atoms with E-state index >= 15 is 0 Å². The first kappa shape index (κ1) is 10.2. The Morgan fingerprint density at radius 3 is 2.65 bits per heavy atom. The van der Waals surface area contributed by atoms with Crippen molar-refractivity contribution in [1.29, 1.82) is 0 Å². The van der Waals surface area contributed by atoms with Crippen LogP contribution in [0.4, 0.5) is 5.69 Å². The average Bonchev–Trinajstić information content (AvgIpc) is 2.81. The third kappa shape index (κ3) is 2.11. The number of hydrogen-bond acceptors (Lipinski definition) is 2. The molecule has 0 saturated carbocycles. The number of fused-ring (bicyclic) bond motifs is 1. The summed E-state index contributed by atoms with van der Waals surface area (Å²) in [7, 11) is 0. The molecule has 0 amide bonds. The molecule has 2 heteroatoms. The maximum absolute atomic E-state index is 5.66. The summed E-state index contributed by atoms with van der Waals surface area (Å²) < 4.78 is 5.66. The average molecular weight is 225 g/mol. The van der Waals surface area contributed by atoms with Gasteiger partial charge in [0, 0.05) is 23.7 Å². The predicted molar refractivity (Wildman–Crippen MR) is 69.6 cm³/mol. The lowest BCUT2D eigenvalue weighted by molar-refractivity contribution is 0.334. The lowest BCUT2D eigenvalue weighted by Crippen LogP contribution is -2.13. The Hall–Kier alpha value is -1.96. The Morgan fingerprint density at radius 1 is 1.00 bits per heavy atom. The van der Waals surface area contributed by atoms with E-state index in [2.05, 4.69) is 29.6 Å².